The average Bonchev–Trinajstić information content (AvgIpc) is 2.69. The fourth-order valence-electron chi connectivity index (χ4n) is 2.64. The number of hydrogen-bond acceptors (Lipinski definition) is 6. The monoisotopic (exact) mass is 342 g/mol. The van der Waals surface area contributed by atoms with Gasteiger partial charge in [-0.1, -0.05) is 12.1 Å². The van der Waals surface area contributed by atoms with E-state index >= 15 is 0 Å². The summed E-state index contributed by atoms with van der Waals surface area (Å²) in [6.45, 7) is 4.86. The molecule has 1 aromatic carbocycles. The Balaban J connectivity index is 1.52. The first-order chi connectivity index (χ1) is 12.3. The van der Waals surface area contributed by atoms with Crippen molar-refractivity contribution in [3.05, 3.63) is 42.2 Å². The lowest BCUT2D eigenvalue weighted by molar-refractivity contribution is 0.0383. The van der Waals surface area contributed by atoms with Crippen molar-refractivity contribution < 1.29 is 14.3 Å². The highest BCUT2D eigenvalue weighted by Gasteiger charge is 2.11. The zero-order valence-electron chi connectivity index (χ0n) is 14.3. The van der Waals surface area contributed by atoms with E-state index in [1.165, 1.54) is 7.11 Å². The second-order valence-corrected chi connectivity index (χ2v) is 5.75. The predicted molar refractivity (Wildman–Crippen MR) is 93.6 cm³/mol. The fourth-order valence-corrected chi connectivity index (χ4v) is 2.64. The van der Waals surface area contributed by atoms with Crippen molar-refractivity contribution in [3.8, 4) is 17.1 Å². The number of morpholine rings is 1. The number of ether oxygens (including phenoxy) is 2. The Labute approximate surface area is 147 Å². The van der Waals surface area contributed by atoms with E-state index in [-0.39, 0.29) is 5.91 Å². The number of benzene rings is 1. The third-order valence-corrected chi connectivity index (χ3v) is 4.11. The normalized spacial score (nSPS) is 14.9. The molecule has 0 bridgehead atoms. The zero-order valence-corrected chi connectivity index (χ0v) is 14.3. The molecular formula is C18H22N4O3. The maximum atomic E-state index is 12.2. The lowest BCUT2D eigenvalue weighted by Gasteiger charge is -2.26. The van der Waals surface area contributed by atoms with Gasteiger partial charge < -0.3 is 14.8 Å². The molecule has 1 aromatic heterocycles. The van der Waals surface area contributed by atoms with Gasteiger partial charge in [-0.3, -0.25) is 9.69 Å². The van der Waals surface area contributed by atoms with Gasteiger partial charge in [0.25, 0.3) is 5.91 Å². The molecule has 0 radical (unpaired) electrons. The van der Waals surface area contributed by atoms with Crippen LogP contribution in [-0.2, 0) is 4.74 Å². The van der Waals surface area contributed by atoms with Gasteiger partial charge in [-0.25, -0.2) is 9.97 Å². The van der Waals surface area contributed by atoms with Crippen LogP contribution in [0.2, 0.25) is 0 Å². The topological polar surface area (TPSA) is 76.6 Å². The predicted octanol–water partition coefficient (Wildman–Crippen LogP) is 1.21. The minimum atomic E-state index is -0.0641. The molecule has 2 heterocycles. The van der Waals surface area contributed by atoms with Gasteiger partial charge in [0.05, 0.1) is 20.3 Å². The molecule has 25 heavy (non-hydrogen) atoms. The van der Waals surface area contributed by atoms with Gasteiger partial charge >= 0.3 is 6.01 Å². The van der Waals surface area contributed by atoms with Crippen molar-refractivity contribution in [1.82, 2.24) is 20.2 Å². The quantitative estimate of drug-likeness (QED) is 0.850. The Morgan fingerprint density at radius 3 is 2.48 bits per heavy atom. The number of hydrogen-bond donors (Lipinski definition) is 1. The van der Waals surface area contributed by atoms with Gasteiger partial charge in [0.2, 0.25) is 0 Å². The molecule has 1 amide bonds. The Morgan fingerprint density at radius 1 is 1.16 bits per heavy atom. The molecule has 2 aromatic rings. The van der Waals surface area contributed by atoms with Crippen molar-refractivity contribution in [1.29, 1.82) is 0 Å². The van der Waals surface area contributed by atoms with Crippen LogP contribution in [-0.4, -0.2) is 67.3 Å². The van der Waals surface area contributed by atoms with Crippen LogP contribution in [0.15, 0.2) is 36.7 Å². The van der Waals surface area contributed by atoms with Gasteiger partial charge in [-0.05, 0) is 17.7 Å². The second kappa shape index (κ2) is 8.55. The summed E-state index contributed by atoms with van der Waals surface area (Å²) in [5, 5.41) is 2.96. The van der Waals surface area contributed by atoms with Crippen LogP contribution < -0.4 is 10.1 Å². The van der Waals surface area contributed by atoms with Gasteiger partial charge in [-0.15, -0.1) is 0 Å². The number of aromatic nitrogens is 2. The first-order valence-electron chi connectivity index (χ1n) is 8.31. The molecule has 132 valence electrons. The van der Waals surface area contributed by atoms with Gasteiger partial charge in [0.1, 0.15) is 0 Å². The lowest BCUT2D eigenvalue weighted by atomic mass is 10.1. The number of rotatable bonds is 6. The van der Waals surface area contributed by atoms with E-state index < -0.39 is 0 Å². The second-order valence-electron chi connectivity index (χ2n) is 5.75. The molecule has 3 rings (SSSR count). The van der Waals surface area contributed by atoms with Crippen molar-refractivity contribution in [3.63, 3.8) is 0 Å². The summed E-state index contributed by atoms with van der Waals surface area (Å²) in [6, 6.07) is 7.73. The van der Waals surface area contributed by atoms with Crippen LogP contribution in [0.5, 0.6) is 6.01 Å². The molecule has 1 fully saturated rings. The molecule has 7 heteroatoms. The summed E-state index contributed by atoms with van der Waals surface area (Å²) in [7, 11) is 1.53. The van der Waals surface area contributed by atoms with Crippen molar-refractivity contribution in [2.24, 2.45) is 0 Å². The highest BCUT2D eigenvalue weighted by atomic mass is 16.5. The SMILES string of the molecule is COc1ncc(-c2ccc(C(=O)NCCN3CCOCC3)cc2)cn1. The van der Waals surface area contributed by atoms with Gasteiger partial charge in [-0.2, -0.15) is 0 Å². The first-order valence-corrected chi connectivity index (χ1v) is 8.31. The minimum absolute atomic E-state index is 0.0641. The summed E-state index contributed by atoms with van der Waals surface area (Å²) < 4.78 is 10.3. The molecule has 0 atom stereocenters. The maximum Gasteiger partial charge on any atom is 0.316 e. The molecule has 0 saturated carbocycles. The Kier molecular flexibility index (Phi) is 5.92. The molecular weight excluding hydrogens is 320 g/mol. The van der Waals surface area contributed by atoms with Gasteiger partial charge in [0.15, 0.2) is 0 Å². The molecule has 1 N–H and O–H groups in total. The Morgan fingerprint density at radius 2 is 1.84 bits per heavy atom. The third-order valence-electron chi connectivity index (χ3n) is 4.11. The largest absolute Gasteiger partial charge is 0.467 e. The third kappa shape index (κ3) is 4.74. The number of carbonyl (C=O) groups is 1. The van der Waals surface area contributed by atoms with Gasteiger partial charge in [0, 0.05) is 49.7 Å². The standard InChI is InChI=1S/C18H22N4O3/c1-24-18-20-12-16(13-21-18)14-2-4-15(5-3-14)17(23)19-6-7-22-8-10-25-11-9-22/h2-5,12-13H,6-11H2,1H3,(H,19,23). The molecule has 1 aliphatic rings. The van der Waals surface area contributed by atoms with Crippen molar-refractivity contribution >= 4 is 5.91 Å². The Bertz CT molecular complexity index is 682. The van der Waals surface area contributed by atoms with E-state index in [2.05, 4.69) is 20.2 Å². The molecule has 1 saturated heterocycles. The highest BCUT2D eigenvalue weighted by Crippen LogP contribution is 2.19. The van der Waals surface area contributed by atoms with E-state index in [0.29, 0.717) is 18.1 Å². The Hall–Kier alpha value is -2.51. The van der Waals surface area contributed by atoms with E-state index in [1.54, 1.807) is 12.4 Å². The molecule has 7 nitrogen and oxygen atoms in total. The van der Waals surface area contributed by atoms with Crippen LogP contribution in [0.25, 0.3) is 11.1 Å². The number of nitrogens with one attached hydrogen (secondary N) is 1. The van der Waals surface area contributed by atoms with Crippen LogP contribution in [0.4, 0.5) is 0 Å². The van der Waals surface area contributed by atoms with Crippen molar-refractivity contribution in [2.75, 3.05) is 46.5 Å². The summed E-state index contributed by atoms with van der Waals surface area (Å²) >= 11 is 0. The summed E-state index contributed by atoms with van der Waals surface area (Å²) in [4.78, 5) is 22.7. The summed E-state index contributed by atoms with van der Waals surface area (Å²) in [5.41, 5.74) is 2.47. The van der Waals surface area contributed by atoms with Crippen molar-refractivity contribution in [2.45, 2.75) is 0 Å². The minimum Gasteiger partial charge on any atom is -0.467 e. The van der Waals surface area contributed by atoms with E-state index in [9.17, 15) is 4.79 Å². The smallest absolute Gasteiger partial charge is 0.316 e. The molecule has 0 spiro atoms. The first kappa shape index (κ1) is 17.3. The summed E-state index contributed by atoms with van der Waals surface area (Å²) in [5.74, 6) is -0.0641. The van der Waals surface area contributed by atoms with Crippen LogP contribution in [0, 0.1) is 0 Å². The molecule has 0 aliphatic carbocycles. The number of carbonyl (C=O) groups excluding carboxylic acids is 1. The molecule has 1 aliphatic heterocycles. The number of amides is 1. The van der Waals surface area contributed by atoms with Crippen LogP contribution >= 0.6 is 0 Å². The number of methoxy groups -OCH3 is 1. The van der Waals surface area contributed by atoms with E-state index in [0.717, 1.165) is 44.0 Å². The van der Waals surface area contributed by atoms with E-state index in [1.807, 2.05) is 24.3 Å². The maximum absolute atomic E-state index is 12.2. The van der Waals surface area contributed by atoms with Crippen LogP contribution in [0.1, 0.15) is 10.4 Å². The van der Waals surface area contributed by atoms with Crippen LogP contribution in [0.3, 0.4) is 0 Å². The summed E-state index contributed by atoms with van der Waals surface area (Å²) in [6.07, 6.45) is 3.40. The zero-order chi connectivity index (χ0) is 17.5. The highest BCUT2D eigenvalue weighted by molar-refractivity contribution is 5.94. The number of nitrogens with zero attached hydrogens (tertiary/aromatic N) is 3. The average molecular weight is 342 g/mol. The molecule has 0 unspecified atom stereocenters. The van der Waals surface area contributed by atoms with E-state index in [4.69, 9.17) is 9.47 Å². The lowest BCUT2D eigenvalue weighted by Crippen LogP contribution is -2.41. The fraction of sp³-hybridized carbons (Fsp3) is 0.389.